The minimum absolute atomic E-state index is 0.0605. The molecule has 0 bridgehead atoms. The third-order valence-corrected chi connectivity index (χ3v) is 6.39. The number of aryl methyl sites for hydroxylation is 1. The van der Waals surface area contributed by atoms with Crippen molar-refractivity contribution in [2.75, 3.05) is 11.9 Å². The van der Waals surface area contributed by atoms with Crippen LogP contribution in [0.3, 0.4) is 0 Å². The maximum absolute atomic E-state index is 13.5. The van der Waals surface area contributed by atoms with E-state index in [1.165, 1.54) is 5.56 Å². The van der Waals surface area contributed by atoms with Gasteiger partial charge in [0.25, 0.3) is 5.91 Å². The van der Waals surface area contributed by atoms with E-state index in [2.05, 4.69) is 62.5 Å². The van der Waals surface area contributed by atoms with Gasteiger partial charge in [-0.3, -0.25) is 4.79 Å². The fourth-order valence-corrected chi connectivity index (χ4v) is 4.47. The highest BCUT2D eigenvalue weighted by atomic mass is 16.5. The summed E-state index contributed by atoms with van der Waals surface area (Å²) in [5.74, 6) is 0.888. The number of nitrogens with one attached hydrogen (secondary N) is 1. The van der Waals surface area contributed by atoms with Crippen molar-refractivity contribution in [1.82, 2.24) is 4.90 Å². The summed E-state index contributed by atoms with van der Waals surface area (Å²) in [4.78, 5) is 15.5. The molecule has 1 aliphatic rings. The molecule has 1 heterocycles. The van der Waals surface area contributed by atoms with Crippen LogP contribution in [0.1, 0.15) is 55.1 Å². The van der Waals surface area contributed by atoms with E-state index in [9.17, 15) is 4.79 Å². The first-order valence-electron chi connectivity index (χ1n) is 11.5. The zero-order valence-corrected chi connectivity index (χ0v) is 19.2. The molecule has 4 rings (SSSR count). The fraction of sp³-hybridized carbons (Fsp3) is 0.321. The summed E-state index contributed by atoms with van der Waals surface area (Å²) in [6, 6.07) is 26.4. The molecule has 2 atom stereocenters. The van der Waals surface area contributed by atoms with E-state index in [4.69, 9.17) is 4.74 Å². The lowest BCUT2D eigenvalue weighted by molar-refractivity contribution is 0.0399. The quantitative estimate of drug-likeness (QED) is 0.432. The molecule has 0 spiro atoms. The molecule has 1 amide bonds. The number of fused-ring (bicyclic) bond motifs is 1. The van der Waals surface area contributed by atoms with E-state index in [1.54, 1.807) is 0 Å². The molecule has 166 valence electrons. The summed E-state index contributed by atoms with van der Waals surface area (Å²) in [5.41, 5.74) is 3.27. The standard InChI is InChI=1S/C28H32N2O2/c1-4-21(2)30-27(31)25-17-8-9-18-26(25)29-28(30,3)23-15-10-16-24(20-23)32-19-11-14-22-12-6-5-7-13-22/h5-10,12-13,15-18,20-21,29H,4,11,14,19H2,1-3H3. The highest BCUT2D eigenvalue weighted by Crippen LogP contribution is 2.40. The van der Waals surface area contributed by atoms with Crippen molar-refractivity contribution in [2.45, 2.75) is 51.7 Å². The van der Waals surface area contributed by atoms with E-state index < -0.39 is 5.66 Å². The maximum Gasteiger partial charge on any atom is 0.258 e. The molecule has 0 saturated carbocycles. The van der Waals surface area contributed by atoms with Gasteiger partial charge in [-0.1, -0.05) is 61.5 Å². The Morgan fingerprint density at radius 2 is 1.75 bits per heavy atom. The average Bonchev–Trinajstić information content (AvgIpc) is 2.82. The summed E-state index contributed by atoms with van der Waals surface area (Å²) < 4.78 is 6.09. The molecule has 0 saturated heterocycles. The molecule has 4 nitrogen and oxygen atoms in total. The van der Waals surface area contributed by atoms with Crippen molar-refractivity contribution in [3.63, 3.8) is 0 Å². The Morgan fingerprint density at radius 3 is 2.53 bits per heavy atom. The van der Waals surface area contributed by atoms with Gasteiger partial charge in [-0.2, -0.15) is 0 Å². The molecule has 1 N–H and O–H groups in total. The molecule has 4 heteroatoms. The van der Waals surface area contributed by atoms with E-state index >= 15 is 0 Å². The summed E-state index contributed by atoms with van der Waals surface area (Å²) in [5, 5.41) is 3.65. The second-order valence-corrected chi connectivity index (χ2v) is 8.64. The molecule has 0 radical (unpaired) electrons. The van der Waals surface area contributed by atoms with Gasteiger partial charge in [0.05, 0.1) is 12.2 Å². The fourth-order valence-electron chi connectivity index (χ4n) is 4.47. The van der Waals surface area contributed by atoms with E-state index in [1.807, 2.05) is 47.4 Å². The normalized spacial score (nSPS) is 18.6. The Labute approximate surface area is 191 Å². The van der Waals surface area contributed by atoms with Gasteiger partial charge in [-0.05, 0) is 62.9 Å². The van der Waals surface area contributed by atoms with Crippen LogP contribution in [0.15, 0.2) is 78.9 Å². The van der Waals surface area contributed by atoms with E-state index in [0.717, 1.165) is 41.8 Å². The van der Waals surface area contributed by atoms with Crippen LogP contribution >= 0.6 is 0 Å². The smallest absolute Gasteiger partial charge is 0.258 e. The van der Waals surface area contributed by atoms with Crippen LogP contribution in [-0.4, -0.2) is 23.5 Å². The number of ether oxygens (including phenoxy) is 1. The average molecular weight is 429 g/mol. The lowest BCUT2D eigenvalue weighted by Gasteiger charge is -2.49. The zero-order chi connectivity index (χ0) is 22.6. The van der Waals surface area contributed by atoms with Gasteiger partial charge >= 0.3 is 0 Å². The number of rotatable bonds is 8. The van der Waals surface area contributed by atoms with Crippen molar-refractivity contribution in [3.05, 3.63) is 95.6 Å². The number of amides is 1. The van der Waals surface area contributed by atoms with E-state index in [-0.39, 0.29) is 11.9 Å². The number of nitrogens with zero attached hydrogens (tertiary/aromatic N) is 1. The zero-order valence-electron chi connectivity index (χ0n) is 19.2. The van der Waals surface area contributed by atoms with Crippen LogP contribution in [0, 0.1) is 0 Å². The SMILES string of the molecule is CCC(C)N1C(=O)c2ccccc2NC1(C)c1cccc(OCCCc2ccccc2)c1. The molecule has 0 fully saturated rings. The first-order chi connectivity index (χ1) is 15.5. The maximum atomic E-state index is 13.5. The van der Waals surface area contributed by atoms with Crippen LogP contribution in [0.2, 0.25) is 0 Å². The number of hydrogen-bond donors (Lipinski definition) is 1. The number of anilines is 1. The minimum Gasteiger partial charge on any atom is -0.494 e. The lowest BCUT2D eigenvalue weighted by Crippen LogP contribution is -2.58. The summed E-state index contributed by atoms with van der Waals surface area (Å²) in [6.07, 6.45) is 2.82. The van der Waals surface area contributed by atoms with Crippen LogP contribution < -0.4 is 10.1 Å². The Bertz CT molecular complexity index is 1070. The largest absolute Gasteiger partial charge is 0.494 e. The topological polar surface area (TPSA) is 41.6 Å². The molecule has 0 aromatic heterocycles. The molecule has 32 heavy (non-hydrogen) atoms. The van der Waals surface area contributed by atoms with Crippen LogP contribution in [0.5, 0.6) is 5.75 Å². The van der Waals surface area contributed by atoms with Gasteiger partial charge in [0, 0.05) is 17.3 Å². The third-order valence-electron chi connectivity index (χ3n) is 6.39. The molecule has 3 aromatic carbocycles. The van der Waals surface area contributed by atoms with Gasteiger partial charge in [0.1, 0.15) is 11.4 Å². The number of carbonyl (C=O) groups excluding carboxylic acids is 1. The molecule has 0 aliphatic carbocycles. The summed E-state index contributed by atoms with van der Waals surface area (Å²) in [6.45, 7) is 6.96. The second kappa shape index (κ2) is 9.47. The van der Waals surface area contributed by atoms with Gasteiger partial charge in [-0.15, -0.1) is 0 Å². The van der Waals surface area contributed by atoms with Crippen molar-refractivity contribution >= 4 is 11.6 Å². The van der Waals surface area contributed by atoms with Crippen LogP contribution in [0.25, 0.3) is 0 Å². The molecule has 3 aromatic rings. The van der Waals surface area contributed by atoms with Gasteiger partial charge in [0.15, 0.2) is 0 Å². The number of hydrogen-bond acceptors (Lipinski definition) is 3. The van der Waals surface area contributed by atoms with Gasteiger partial charge in [0.2, 0.25) is 0 Å². The van der Waals surface area contributed by atoms with Crippen molar-refractivity contribution in [2.24, 2.45) is 0 Å². The van der Waals surface area contributed by atoms with Crippen LogP contribution in [0.4, 0.5) is 5.69 Å². The van der Waals surface area contributed by atoms with Crippen molar-refractivity contribution in [1.29, 1.82) is 0 Å². The van der Waals surface area contributed by atoms with E-state index in [0.29, 0.717) is 6.61 Å². The predicted molar refractivity (Wildman–Crippen MR) is 130 cm³/mol. The minimum atomic E-state index is -0.662. The second-order valence-electron chi connectivity index (χ2n) is 8.64. The molecular weight excluding hydrogens is 396 g/mol. The van der Waals surface area contributed by atoms with Crippen molar-refractivity contribution < 1.29 is 9.53 Å². The Balaban J connectivity index is 1.55. The predicted octanol–water partition coefficient (Wildman–Crippen LogP) is 6.24. The lowest BCUT2D eigenvalue weighted by atomic mass is 9.91. The summed E-state index contributed by atoms with van der Waals surface area (Å²) >= 11 is 0. The highest BCUT2D eigenvalue weighted by molar-refractivity contribution is 6.02. The third kappa shape index (κ3) is 4.36. The summed E-state index contributed by atoms with van der Waals surface area (Å²) in [7, 11) is 0. The highest BCUT2D eigenvalue weighted by Gasteiger charge is 2.44. The number of carbonyl (C=O) groups is 1. The Kier molecular flexibility index (Phi) is 6.50. The molecule has 2 unspecified atom stereocenters. The first kappa shape index (κ1) is 21.9. The number of benzene rings is 3. The number of para-hydroxylation sites is 1. The monoisotopic (exact) mass is 428 g/mol. The Hall–Kier alpha value is -3.27. The first-order valence-corrected chi connectivity index (χ1v) is 11.5. The Morgan fingerprint density at radius 1 is 1.00 bits per heavy atom. The van der Waals surface area contributed by atoms with Crippen LogP contribution in [-0.2, 0) is 12.1 Å². The molecule has 1 aliphatic heterocycles. The van der Waals surface area contributed by atoms with Crippen molar-refractivity contribution in [3.8, 4) is 5.75 Å². The molecular formula is C28H32N2O2. The van der Waals surface area contributed by atoms with Gasteiger partial charge < -0.3 is 15.0 Å². The van der Waals surface area contributed by atoms with Gasteiger partial charge in [-0.25, -0.2) is 0 Å².